The van der Waals surface area contributed by atoms with Crippen LogP contribution in [0.3, 0.4) is 0 Å². The van der Waals surface area contributed by atoms with Crippen LogP contribution < -0.4 is 0 Å². The summed E-state index contributed by atoms with van der Waals surface area (Å²) in [6.45, 7) is 0.531. The standard InChI is InChI=1S/C17H15BrClN5OS/c1-23(10-12-4-2-3-5-15(12)18)16(25)11-26-17-20-21-22-24(17)14-8-6-13(19)7-9-14/h2-9H,10-11H2,1H3. The van der Waals surface area contributed by atoms with Crippen molar-refractivity contribution in [2.75, 3.05) is 12.8 Å². The van der Waals surface area contributed by atoms with Gasteiger partial charge in [0.25, 0.3) is 0 Å². The third-order valence-corrected chi connectivity index (χ3v) is 5.56. The first-order valence-corrected chi connectivity index (χ1v) is 9.85. The van der Waals surface area contributed by atoms with Crippen molar-refractivity contribution in [3.63, 3.8) is 0 Å². The Bertz CT molecular complexity index is 902. The van der Waals surface area contributed by atoms with E-state index in [0.29, 0.717) is 16.7 Å². The number of aromatic nitrogens is 4. The Kier molecular flexibility index (Phi) is 6.29. The molecule has 3 aromatic rings. The maximum atomic E-state index is 12.4. The van der Waals surface area contributed by atoms with Gasteiger partial charge in [-0.1, -0.05) is 57.5 Å². The van der Waals surface area contributed by atoms with Gasteiger partial charge in [-0.15, -0.1) is 5.10 Å². The summed E-state index contributed by atoms with van der Waals surface area (Å²) in [4.78, 5) is 14.1. The van der Waals surface area contributed by atoms with E-state index in [1.54, 1.807) is 28.8 Å². The van der Waals surface area contributed by atoms with E-state index in [2.05, 4.69) is 31.5 Å². The molecule has 0 aliphatic heterocycles. The Morgan fingerprint density at radius 1 is 1.23 bits per heavy atom. The molecule has 134 valence electrons. The lowest BCUT2D eigenvalue weighted by Gasteiger charge is -2.17. The minimum atomic E-state index is -0.00332. The average molecular weight is 453 g/mol. The zero-order valence-electron chi connectivity index (χ0n) is 13.8. The third-order valence-electron chi connectivity index (χ3n) is 3.63. The van der Waals surface area contributed by atoms with Gasteiger partial charge in [0.1, 0.15) is 0 Å². The van der Waals surface area contributed by atoms with Crippen LogP contribution >= 0.6 is 39.3 Å². The van der Waals surface area contributed by atoms with Crippen molar-refractivity contribution < 1.29 is 4.79 Å². The van der Waals surface area contributed by atoms with E-state index in [9.17, 15) is 4.79 Å². The van der Waals surface area contributed by atoms with Crippen molar-refractivity contribution in [3.05, 3.63) is 63.6 Å². The van der Waals surface area contributed by atoms with Gasteiger partial charge in [-0.05, 0) is 46.3 Å². The molecule has 0 N–H and O–H groups in total. The van der Waals surface area contributed by atoms with Gasteiger partial charge < -0.3 is 4.90 Å². The van der Waals surface area contributed by atoms with Crippen LogP contribution in [-0.4, -0.2) is 43.8 Å². The largest absolute Gasteiger partial charge is 0.341 e. The molecule has 1 heterocycles. The molecular formula is C17H15BrClN5OS. The maximum Gasteiger partial charge on any atom is 0.233 e. The highest BCUT2D eigenvalue weighted by molar-refractivity contribution is 9.10. The summed E-state index contributed by atoms with van der Waals surface area (Å²) >= 11 is 10.7. The molecule has 0 bridgehead atoms. The van der Waals surface area contributed by atoms with E-state index in [-0.39, 0.29) is 11.7 Å². The lowest BCUT2D eigenvalue weighted by atomic mass is 10.2. The lowest BCUT2D eigenvalue weighted by Crippen LogP contribution is -2.28. The van der Waals surface area contributed by atoms with Crippen molar-refractivity contribution in [3.8, 4) is 5.69 Å². The van der Waals surface area contributed by atoms with E-state index >= 15 is 0 Å². The van der Waals surface area contributed by atoms with Gasteiger partial charge in [0, 0.05) is 23.1 Å². The molecule has 26 heavy (non-hydrogen) atoms. The van der Waals surface area contributed by atoms with Crippen LogP contribution in [0.25, 0.3) is 5.69 Å². The summed E-state index contributed by atoms with van der Waals surface area (Å²) in [6.07, 6.45) is 0. The Balaban J connectivity index is 1.62. The molecule has 0 atom stereocenters. The average Bonchev–Trinajstić information content (AvgIpc) is 3.10. The number of benzene rings is 2. The van der Waals surface area contributed by atoms with Crippen LogP contribution in [0, 0.1) is 0 Å². The summed E-state index contributed by atoms with van der Waals surface area (Å²) in [6, 6.07) is 15.0. The molecule has 2 aromatic carbocycles. The van der Waals surface area contributed by atoms with Crippen molar-refractivity contribution >= 4 is 45.2 Å². The number of carbonyl (C=O) groups excluding carboxylic acids is 1. The lowest BCUT2D eigenvalue weighted by molar-refractivity contribution is -0.127. The number of rotatable bonds is 6. The second-order valence-corrected chi connectivity index (χ2v) is 7.71. The quantitative estimate of drug-likeness (QED) is 0.532. The minimum absolute atomic E-state index is 0.00332. The second-order valence-electron chi connectivity index (χ2n) is 5.48. The van der Waals surface area contributed by atoms with Gasteiger partial charge in [-0.3, -0.25) is 4.79 Å². The van der Waals surface area contributed by atoms with E-state index in [1.165, 1.54) is 11.8 Å². The smallest absolute Gasteiger partial charge is 0.233 e. The van der Waals surface area contributed by atoms with Gasteiger partial charge in [0.15, 0.2) is 0 Å². The highest BCUT2D eigenvalue weighted by atomic mass is 79.9. The normalized spacial score (nSPS) is 10.7. The number of amides is 1. The Morgan fingerprint density at radius 3 is 2.69 bits per heavy atom. The number of nitrogens with zero attached hydrogens (tertiary/aromatic N) is 5. The zero-order chi connectivity index (χ0) is 18.5. The summed E-state index contributed by atoms with van der Waals surface area (Å²) in [7, 11) is 1.78. The molecule has 0 radical (unpaired) electrons. The minimum Gasteiger partial charge on any atom is -0.341 e. The molecule has 0 saturated carbocycles. The molecule has 0 spiro atoms. The van der Waals surface area contributed by atoms with Gasteiger partial charge in [-0.2, -0.15) is 4.68 Å². The van der Waals surface area contributed by atoms with Gasteiger partial charge >= 0.3 is 0 Å². The van der Waals surface area contributed by atoms with Crippen LogP contribution in [0.5, 0.6) is 0 Å². The fraction of sp³-hybridized carbons (Fsp3) is 0.176. The monoisotopic (exact) mass is 451 g/mol. The van der Waals surface area contributed by atoms with Gasteiger partial charge in [-0.25, -0.2) is 0 Å². The number of hydrogen-bond acceptors (Lipinski definition) is 5. The SMILES string of the molecule is CN(Cc1ccccc1Br)C(=O)CSc1nnnn1-c1ccc(Cl)cc1. The highest BCUT2D eigenvalue weighted by Gasteiger charge is 2.15. The van der Waals surface area contributed by atoms with E-state index in [4.69, 9.17) is 11.6 Å². The molecule has 1 amide bonds. The molecule has 1 aromatic heterocycles. The first kappa shape index (κ1) is 18.9. The van der Waals surface area contributed by atoms with Gasteiger partial charge in [0.2, 0.25) is 11.1 Å². The Hall–Kier alpha value is -1.90. The molecule has 0 aliphatic rings. The molecule has 0 unspecified atom stereocenters. The number of tetrazole rings is 1. The first-order valence-electron chi connectivity index (χ1n) is 7.69. The molecule has 3 rings (SSSR count). The molecule has 9 heteroatoms. The van der Waals surface area contributed by atoms with E-state index in [1.807, 2.05) is 36.4 Å². The zero-order valence-corrected chi connectivity index (χ0v) is 17.0. The number of thioether (sulfide) groups is 1. The predicted molar refractivity (Wildman–Crippen MR) is 106 cm³/mol. The van der Waals surface area contributed by atoms with Gasteiger partial charge in [0.05, 0.1) is 11.4 Å². The van der Waals surface area contributed by atoms with E-state index in [0.717, 1.165) is 15.7 Å². The van der Waals surface area contributed by atoms with Crippen LogP contribution in [0.4, 0.5) is 0 Å². The summed E-state index contributed by atoms with van der Waals surface area (Å²) in [5.41, 5.74) is 1.84. The summed E-state index contributed by atoms with van der Waals surface area (Å²) < 4.78 is 2.57. The van der Waals surface area contributed by atoms with Crippen molar-refractivity contribution in [1.29, 1.82) is 0 Å². The number of carbonyl (C=O) groups is 1. The first-order chi connectivity index (χ1) is 12.5. The van der Waals surface area contributed by atoms with E-state index < -0.39 is 0 Å². The maximum absolute atomic E-state index is 12.4. The second kappa shape index (κ2) is 8.66. The fourth-order valence-corrected chi connectivity index (χ4v) is 3.59. The third kappa shape index (κ3) is 4.63. The number of hydrogen-bond donors (Lipinski definition) is 0. The van der Waals surface area contributed by atoms with Crippen molar-refractivity contribution in [1.82, 2.24) is 25.1 Å². The summed E-state index contributed by atoms with van der Waals surface area (Å²) in [5.74, 6) is 0.242. The Labute approximate surface area is 168 Å². The van der Waals surface area contributed by atoms with Crippen LogP contribution in [0.1, 0.15) is 5.56 Å². The van der Waals surface area contributed by atoms with Crippen LogP contribution in [0.2, 0.25) is 5.02 Å². The molecule has 0 fully saturated rings. The topological polar surface area (TPSA) is 63.9 Å². The van der Waals surface area contributed by atoms with Crippen molar-refractivity contribution in [2.45, 2.75) is 11.7 Å². The number of halogens is 2. The van der Waals surface area contributed by atoms with Crippen LogP contribution in [-0.2, 0) is 11.3 Å². The summed E-state index contributed by atoms with van der Waals surface area (Å²) in [5, 5.41) is 12.9. The fourth-order valence-electron chi connectivity index (χ4n) is 2.22. The Morgan fingerprint density at radius 2 is 1.96 bits per heavy atom. The molecule has 0 saturated heterocycles. The predicted octanol–water partition coefficient (Wildman–Crippen LogP) is 3.83. The van der Waals surface area contributed by atoms with Crippen LogP contribution in [0.15, 0.2) is 58.2 Å². The highest BCUT2D eigenvalue weighted by Crippen LogP contribution is 2.21. The molecule has 0 aliphatic carbocycles. The molecule has 6 nitrogen and oxygen atoms in total. The van der Waals surface area contributed by atoms with Crippen molar-refractivity contribution in [2.24, 2.45) is 0 Å². The molecular weight excluding hydrogens is 438 g/mol.